The monoisotopic (exact) mass is 538 g/mol. The van der Waals surface area contributed by atoms with Crippen molar-refractivity contribution < 1.29 is 9.59 Å². The lowest BCUT2D eigenvalue weighted by Gasteiger charge is -2.31. The average molecular weight is 540 g/mol. The zero-order valence-corrected chi connectivity index (χ0v) is 22.1. The van der Waals surface area contributed by atoms with Gasteiger partial charge in [-0.05, 0) is 42.7 Å². The molecule has 0 aromatic heterocycles. The molecule has 0 aliphatic heterocycles. The van der Waals surface area contributed by atoms with E-state index in [0.717, 1.165) is 21.4 Å². The minimum absolute atomic E-state index is 0.0350. The van der Waals surface area contributed by atoms with Gasteiger partial charge >= 0.3 is 0 Å². The number of hydrogen-bond donors (Lipinski definition) is 1. The maximum absolute atomic E-state index is 13.5. The number of nitrogens with zero attached hydrogens (tertiary/aromatic N) is 1. The van der Waals surface area contributed by atoms with Gasteiger partial charge in [-0.15, -0.1) is 11.8 Å². The van der Waals surface area contributed by atoms with Crippen LogP contribution in [0.15, 0.2) is 83.3 Å². The van der Waals surface area contributed by atoms with E-state index >= 15 is 0 Å². The molecule has 1 N–H and O–H groups in total. The second-order valence-corrected chi connectivity index (χ2v) is 10.1. The Morgan fingerprint density at radius 1 is 0.912 bits per heavy atom. The molecule has 0 saturated heterocycles. The third-order valence-corrected chi connectivity index (χ3v) is 7.02. The molecule has 34 heavy (non-hydrogen) atoms. The van der Waals surface area contributed by atoms with Gasteiger partial charge in [0.15, 0.2) is 0 Å². The number of likely N-dealkylation sites (N-methyl/N-ethyl adjacent to an activating group) is 1. The highest BCUT2D eigenvalue weighted by atomic mass is 79.9. The van der Waals surface area contributed by atoms with Gasteiger partial charge in [0, 0.05) is 29.7 Å². The number of rotatable bonds is 11. The molecule has 0 saturated carbocycles. The number of hydrogen-bond acceptors (Lipinski definition) is 3. The first-order valence-electron chi connectivity index (χ1n) is 11.4. The summed E-state index contributed by atoms with van der Waals surface area (Å²) >= 11 is 5.05. The number of carbonyl (C=O) groups excluding carboxylic acids is 2. The average Bonchev–Trinajstić information content (AvgIpc) is 2.84. The van der Waals surface area contributed by atoms with Gasteiger partial charge in [0.1, 0.15) is 6.04 Å². The Balaban J connectivity index is 1.81. The van der Waals surface area contributed by atoms with Crippen LogP contribution in [0.4, 0.5) is 0 Å². The number of aryl methyl sites for hydroxylation is 1. The minimum Gasteiger partial charge on any atom is -0.355 e. The van der Waals surface area contributed by atoms with E-state index in [2.05, 4.69) is 52.4 Å². The molecule has 4 nitrogen and oxygen atoms in total. The Labute approximate surface area is 215 Å². The lowest BCUT2D eigenvalue weighted by Crippen LogP contribution is -2.51. The second kappa shape index (κ2) is 13.4. The van der Waals surface area contributed by atoms with Gasteiger partial charge in [-0.3, -0.25) is 9.59 Å². The zero-order valence-electron chi connectivity index (χ0n) is 19.7. The van der Waals surface area contributed by atoms with Gasteiger partial charge in [-0.25, -0.2) is 0 Å². The van der Waals surface area contributed by atoms with Crippen molar-refractivity contribution in [3.8, 4) is 0 Å². The van der Waals surface area contributed by atoms with Crippen LogP contribution in [-0.2, 0) is 28.3 Å². The van der Waals surface area contributed by atoms with Crippen molar-refractivity contribution in [1.82, 2.24) is 10.2 Å². The van der Waals surface area contributed by atoms with Crippen LogP contribution in [0.5, 0.6) is 0 Å². The highest BCUT2D eigenvalue weighted by Gasteiger charge is 2.30. The summed E-state index contributed by atoms with van der Waals surface area (Å²) < 4.78 is 0.979. The molecule has 3 aromatic rings. The van der Waals surface area contributed by atoms with Crippen molar-refractivity contribution in [3.05, 3.63) is 106 Å². The number of halogens is 1. The third-order valence-electron chi connectivity index (χ3n) is 5.50. The predicted molar refractivity (Wildman–Crippen MR) is 145 cm³/mol. The summed E-state index contributed by atoms with van der Waals surface area (Å²) in [4.78, 5) is 28.4. The fraction of sp³-hybridized carbons (Fsp3) is 0.286. The van der Waals surface area contributed by atoms with E-state index in [4.69, 9.17) is 0 Å². The van der Waals surface area contributed by atoms with Crippen molar-refractivity contribution >= 4 is 39.5 Å². The summed E-state index contributed by atoms with van der Waals surface area (Å²) in [5.74, 6) is 0.908. The van der Waals surface area contributed by atoms with E-state index in [1.165, 1.54) is 11.1 Å². The highest BCUT2D eigenvalue weighted by molar-refractivity contribution is 9.10. The van der Waals surface area contributed by atoms with E-state index in [-0.39, 0.29) is 11.8 Å². The molecule has 0 unspecified atom stereocenters. The smallest absolute Gasteiger partial charge is 0.243 e. The highest BCUT2D eigenvalue weighted by Crippen LogP contribution is 2.20. The summed E-state index contributed by atoms with van der Waals surface area (Å²) in [6.45, 7) is 4.86. The fourth-order valence-corrected chi connectivity index (χ4v) is 4.79. The SMILES string of the molecule is CCNC(=O)[C@@H](Cc1ccccc1)N(Cc1ccc(Br)cc1)C(=O)CSCc1ccc(C)cc1. The lowest BCUT2D eigenvalue weighted by molar-refractivity contribution is -0.139. The van der Waals surface area contributed by atoms with Crippen molar-refractivity contribution in [1.29, 1.82) is 0 Å². The summed E-state index contributed by atoms with van der Waals surface area (Å²) in [7, 11) is 0. The first kappa shape index (κ1) is 26.0. The molecule has 3 rings (SSSR count). The van der Waals surface area contributed by atoms with Gasteiger partial charge in [-0.1, -0.05) is 88.2 Å². The topological polar surface area (TPSA) is 49.4 Å². The van der Waals surface area contributed by atoms with Crippen LogP contribution < -0.4 is 5.32 Å². The zero-order chi connectivity index (χ0) is 24.3. The molecule has 0 spiro atoms. The maximum Gasteiger partial charge on any atom is 0.243 e. The van der Waals surface area contributed by atoms with Crippen LogP contribution in [0.2, 0.25) is 0 Å². The quantitative estimate of drug-likeness (QED) is 0.337. The van der Waals surface area contributed by atoms with Crippen LogP contribution >= 0.6 is 27.7 Å². The minimum atomic E-state index is -0.585. The Hall–Kier alpha value is -2.57. The molecule has 0 aliphatic carbocycles. The van der Waals surface area contributed by atoms with E-state index in [9.17, 15) is 9.59 Å². The lowest BCUT2D eigenvalue weighted by atomic mass is 10.0. The van der Waals surface area contributed by atoms with Gasteiger partial charge in [0.2, 0.25) is 11.8 Å². The van der Waals surface area contributed by atoms with Gasteiger partial charge in [-0.2, -0.15) is 0 Å². The second-order valence-electron chi connectivity index (χ2n) is 8.23. The molecule has 0 bridgehead atoms. The maximum atomic E-state index is 13.5. The van der Waals surface area contributed by atoms with Gasteiger partial charge < -0.3 is 10.2 Å². The molecule has 0 heterocycles. The van der Waals surface area contributed by atoms with Crippen molar-refractivity contribution in [3.63, 3.8) is 0 Å². The van der Waals surface area contributed by atoms with Gasteiger partial charge in [0.25, 0.3) is 0 Å². The third kappa shape index (κ3) is 8.03. The summed E-state index contributed by atoms with van der Waals surface area (Å²) in [5.41, 5.74) is 4.42. The van der Waals surface area contributed by atoms with Crippen LogP contribution in [0, 0.1) is 6.92 Å². The molecule has 1 atom stereocenters. The standard InChI is InChI=1S/C28H31BrN2O2S/c1-3-30-28(33)26(17-22-7-5-4-6-8-22)31(18-23-13-15-25(29)16-14-23)27(32)20-34-19-24-11-9-21(2)10-12-24/h4-16,26H,3,17-20H2,1-2H3,(H,30,33)/t26-/m1/s1. The normalized spacial score (nSPS) is 11.6. The predicted octanol–water partition coefficient (Wildman–Crippen LogP) is 5.77. The van der Waals surface area contributed by atoms with E-state index in [1.807, 2.05) is 61.5 Å². The molecule has 0 radical (unpaired) electrons. The Kier molecular flexibility index (Phi) is 10.2. The molecular formula is C28H31BrN2O2S. The van der Waals surface area contributed by atoms with E-state index in [1.54, 1.807) is 16.7 Å². The molecule has 0 fully saturated rings. The van der Waals surface area contributed by atoms with Gasteiger partial charge in [0.05, 0.1) is 5.75 Å². The molecule has 178 valence electrons. The largest absolute Gasteiger partial charge is 0.355 e. The number of thioether (sulfide) groups is 1. The van der Waals surface area contributed by atoms with Crippen LogP contribution in [0.25, 0.3) is 0 Å². The van der Waals surface area contributed by atoms with E-state index in [0.29, 0.717) is 25.3 Å². The molecule has 2 amide bonds. The molecule has 0 aliphatic rings. The van der Waals surface area contributed by atoms with Crippen LogP contribution in [-0.4, -0.2) is 35.1 Å². The number of carbonyl (C=O) groups is 2. The fourth-order valence-electron chi connectivity index (χ4n) is 3.66. The molecule has 6 heteroatoms. The van der Waals surface area contributed by atoms with Crippen molar-refractivity contribution in [2.75, 3.05) is 12.3 Å². The summed E-state index contributed by atoms with van der Waals surface area (Å²) in [6.07, 6.45) is 0.470. The van der Waals surface area contributed by atoms with Crippen molar-refractivity contribution in [2.24, 2.45) is 0 Å². The van der Waals surface area contributed by atoms with Crippen molar-refractivity contribution in [2.45, 2.75) is 38.6 Å². The number of benzene rings is 3. The first-order chi connectivity index (χ1) is 16.5. The summed E-state index contributed by atoms with van der Waals surface area (Å²) in [5, 5.41) is 2.94. The first-order valence-corrected chi connectivity index (χ1v) is 13.4. The Morgan fingerprint density at radius 2 is 1.56 bits per heavy atom. The van der Waals surface area contributed by atoms with Crippen LogP contribution in [0.1, 0.15) is 29.2 Å². The number of amides is 2. The Morgan fingerprint density at radius 3 is 2.21 bits per heavy atom. The summed E-state index contributed by atoms with van der Waals surface area (Å²) in [6, 6.07) is 25.6. The molecule has 3 aromatic carbocycles. The number of nitrogens with one attached hydrogen (secondary N) is 1. The van der Waals surface area contributed by atoms with E-state index < -0.39 is 6.04 Å². The molecular weight excluding hydrogens is 508 g/mol. The Bertz CT molecular complexity index is 1060. The van der Waals surface area contributed by atoms with Crippen LogP contribution in [0.3, 0.4) is 0 Å².